The minimum absolute atomic E-state index is 0.0403. The molecule has 0 saturated carbocycles. The maximum atomic E-state index is 10.5. The Labute approximate surface area is 782 Å². The summed E-state index contributed by atoms with van der Waals surface area (Å²) in [4.78, 5) is 4.90. The molecule has 2 aliphatic heterocycles. The minimum Gasteiger partial charge on any atom is -0.310 e. The first-order valence-electron chi connectivity index (χ1n) is 52.0. The van der Waals surface area contributed by atoms with E-state index in [4.69, 9.17) is 0 Å². The van der Waals surface area contributed by atoms with Crippen LogP contribution in [-0.2, 0) is 17.3 Å². The van der Waals surface area contributed by atoms with Crippen LogP contribution < -0.4 is 26.2 Å². The molecule has 616 valence electrons. The van der Waals surface area contributed by atoms with Crippen molar-refractivity contribution in [2.45, 2.75) is 51.9 Å². The summed E-state index contributed by atoms with van der Waals surface area (Å²) in [7, 11) is 0. The fourth-order valence-electron chi connectivity index (χ4n) is 22.1. The molecule has 0 radical (unpaired) electrons. The lowest BCUT2D eigenvalue weighted by Gasteiger charge is -2.46. The van der Waals surface area contributed by atoms with Crippen LogP contribution in [0.1, 0.15) is 81.6 Å². The van der Waals surface area contributed by atoms with Crippen LogP contribution in [0, 0.1) is 0 Å². The molecule has 0 saturated heterocycles. The zero-order valence-corrected chi connectivity index (χ0v) is 72.6. The summed E-state index contributed by atoms with van der Waals surface area (Å²) in [5.41, 5.74) is 23.0. The molecule has 1 aliphatic carbocycles. The molecule has 21 aromatic carbocycles. The molecule has 0 N–H and O–H groups in total. The first-order chi connectivity index (χ1) is 70.2. The highest BCUT2D eigenvalue weighted by Crippen LogP contribution is 2.58. The van der Waals surface area contributed by atoms with E-state index < -0.39 is 59.8 Å². The van der Waals surface area contributed by atoms with Gasteiger partial charge < -0.3 is 18.9 Å². The van der Waals surface area contributed by atoms with Gasteiger partial charge in [-0.25, -0.2) is 0 Å². The van der Waals surface area contributed by atoms with Crippen LogP contribution in [0.3, 0.4) is 0 Å². The molecule has 4 nitrogen and oxygen atoms in total. The lowest BCUT2D eigenvalue weighted by Crippen LogP contribution is -2.61. The van der Waals surface area contributed by atoms with E-state index in [9.17, 15) is 19.2 Å². The second kappa shape index (κ2) is 29.5. The maximum absolute atomic E-state index is 10.5. The third kappa shape index (κ3) is 11.8. The van der Waals surface area contributed by atoms with Crippen LogP contribution in [0.25, 0.3) is 176 Å². The molecule has 2 aromatic heterocycles. The van der Waals surface area contributed by atoms with Crippen LogP contribution in [-0.4, -0.2) is 15.8 Å². The average Bonchev–Trinajstić information content (AvgIpc) is 0.712. The predicted molar refractivity (Wildman–Crippen MR) is 557 cm³/mol. The Hall–Kier alpha value is -16.1. The molecule has 26 rings (SSSR count). The van der Waals surface area contributed by atoms with Crippen molar-refractivity contribution in [3.8, 4) is 89.3 Å². The van der Waals surface area contributed by atoms with Gasteiger partial charge in [0.2, 0.25) is 0 Å². The maximum Gasteiger partial charge on any atom is 0.252 e. The van der Waals surface area contributed by atoms with Crippen molar-refractivity contribution < 1.29 is 19.2 Å². The van der Waals surface area contributed by atoms with E-state index in [1.165, 1.54) is 16.7 Å². The molecule has 0 fully saturated rings. The number of hydrogen-bond acceptors (Lipinski definition) is 2. The third-order valence-corrected chi connectivity index (χ3v) is 28.1. The van der Waals surface area contributed by atoms with Crippen LogP contribution in [0.2, 0.25) is 0 Å². The lowest BCUT2D eigenvalue weighted by molar-refractivity contribution is 0.591. The van der Waals surface area contributed by atoms with Gasteiger partial charge in [-0.1, -0.05) is 392 Å². The Morgan fingerprint density at radius 3 is 1.20 bits per heavy atom. The highest BCUT2D eigenvalue weighted by atomic mass is 15.2. The number of benzene rings is 21. The van der Waals surface area contributed by atoms with Gasteiger partial charge in [0.1, 0.15) is 0 Å². The molecular weight excluding hydrogens is 1580 g/mol. The second-order valence-corrected chi connectivity index (χ2v) is 36.6. The zero-order chi connectivity index (χ0) is 99.2. The Balaban J connectivity index is 0.894. The van der Waals surface area contributed by atoms with Crippen molar-refractivity contribution >= 4 is 144 Å². The SMILES string of the molecule is [2H]c1c([2H])c([2H])c2c(c1[2H])c1c(-c3ccccc3)c([2H])c([2H])c([2H])c1n2-c1ccc2c(c1)N(c1c(-c3ccccc3)cc(C(C)(C)C)cc1-c1ccccc1)c1cc(-c3ccc4c(c3)C(C)(C)c3ccccc3C4)cc3c1B2c1ccc(-n2c4c([2H])c([2H])c([2H])c([2H])c4c4c(-c5ccccc5)c([2H])c([2H])c([2H])c42)cc1N3c1c(-c2cccc3ccc4ccccc4c23)cccc1-c1cccc2ccc3ccccc3c12. The van der Waals surface area contributed by atoms with E-state index in [0.29, 0.717) is 40.3 Å². The summed E-state index contributed by atoms with van der Waals surface area (Å²) < 4.78 is 144. The van der Waals surface area contributed by atoms with Crippen LogP contribution in [0.5, 0.6) is 0 Å². The van der Waals surface area contributed by atoms with E-state index in [-0.39, 0.29) is 97.0 Å². The van der Waals surface area contributed by atoms with Crippen molar-refractivity contribution in [2.24, 2.45) is 0 Å². The smallest absolute Gasteiger partial charge is 0.252 e. The minimum atomic E-state index is -0.832. The van der Waals surface area contributed by atoms with E-state index >= 15 is 0 Å². The standard InChI is InChI=1S/C126H89BN4/c1-125(2,3)91-75-104(81-37-14-8-15-38-81)124(105(76-91)82-39-16-9-17-40-82)131-115-78-93(129-111-58-27-24-49-103(111)121-97(51-32-60-113(121)129)80-35-12-7-13-36-80)68-70-109(115)127-108-69-67-92(128-110-57-26-23-48-102(110)120-96(50-31-59-112(120)128)79-33-10-6-11-34-79)77-114(108)130(116-73-90(74-117(131)122(116)127)87-65-66-89-71-88-43-20-25-56-106(88)126(4,5)107(89)72-87)123-100(98-52-28-44-85-63-61-83-41-18-21-46-94(83)118(85)98)54-30-55-101(123)99-53-29-45-86-64-62-84-42-19-22-47-95(84)119(86)99/h6-70,72-78H,71H2,1-5H3/i23D,24D,26D,27D,31D,32D,48D,49D,50D,51D,57D,58D,59D,60D. The fraction of sp³-hybridized carbons (Fsp3) is 0.0635. The van der Waals surface area contributed by atoms with Gasteiger partial charge in [-0.2, -0.15) is 0 Å². The Morgan fingerprint density at radius 2 is 0.695 bits per heavy atom. The van der Waals surface area contributed by atoms with Crippen LogP contribution >= 0.6 is 0 Å². The molecule has 4 heterocycles. The van der Waals surface area contributed by atoms with E-state index in [0.717, 1.165) is 149 Å². The first-order valence-corrected chi connectivity index (χ1v) is 45.0. The van der Waals surface area contributed by atoms with Gasteiger partial charge in [0, 0.05) is 83.3 Å². The summed E-state index contributed by atoms with van der Waals surface area (Å²) in [6.07, 6.45) is 0.702. The number of anilines is 6. The van der Waals surface area contributed by atoms with Crippen LogP contribution in [0.4, 0.5) is 34.1 Å². The number of fused-ring (bicyclic) bond motifs is 18. The fourth-order valence-corrected chi connectivity index (χ4v) is 22.1. The van der Waals surface area contributed by atoms with Crippen molar-refractivity contribution in [3.05, 3.63) is 464 Å². The molecule has 0 atom stereocenters. The second-order valence-electron chi connectivity index (χ2n) is 36.6. The third-order valence-electron chi connectivity index (χ3n) is 28.1. The highest BCUT2D eigenvalue weighted by Gasteiger charge is 2.47. The molecule has 0 bridgehead atoms. The molecule has 23 aromatic rings. The van der Waals surface area contributed by atoms with E-state index in [1.807, 2.05) is 84.9 Å². The van der Waals surface area contributed by atoms with Gasteiger partial charge in [-0.15, -0.1) is 0 Å². The normalized spacial score (nSPS) is 14.7. The first kappa shape index (κ1) is 63.0. The summed E-state index contributed by atoms with van der Waals surface area (Å²) in [6.45, 7) is 10.5. The van der Waals surface area contributed by atoms with E-state index in [2.05, 4.69) is 311 Å². The Morgan fingerprint density at radius 1 is 0.282 bits per heavy atom. The lowest BCUT2D eigenvalue weighted by atomic mass is 9.33. The van der Waals surface area contributed by atoms with Gasteiger partial charge in [-0.05, 0) is 234 Å². The van der Waals surface area contributed by atoms with Crippen molar-refractivity contribution in [3.63, 3.8) is 0 Å². The van der Waals surface area contributed by atoms with E-state index in [1.54, 1.807) is 9.13 Å². The molecule has 0 spiro atoms. The number of nitrogens with zero attached hydrogens (tertiary/aromatic N) is 4. The quantitative estimate of drug-likeness (QED) is 0.0948. The summed E-state index contributed by atoms with van der Waals surface area (Å²) in [5, 5.41) is 8.80. The topological polar surface area (TPSA) is 16.3 Å². The molecule has 3 aliphatic rings. The number of hydrogen-bond donors (Lipinski definition) is 0. The van der Waals surface area contributed by atoms with Crippen LogP contribution in [0.15, 0.2) is 436 Å². The van der Waals surface area contributed by atoms with Gasteiger partial charge in [0.25, 0.3) is 6.71 Å². The Bertz CT molecular complexity index is 9430. The summed E-state index contributed by atoms with van der Waals surface area (Å²) >= 11 is 0. The summed E-state index contributed by atoms with van der Waals surface area (Å²) in [5.74, 6) is 0. The van der Waals surface area contributed by atoms with Gasteiger partial charge in [0.15, 0.2) is 0 Å². The number of aromatic nitrogens is 2. The average molecular weight is 1680 g/mol. The van der Waals surface area contributed by atoms with Gasteiger partial charge in [0.05, 0.1) is 52.6 Å². The van der Waals surface area contributed by atoms with Crippen molar-refractivity contribution in [2.75, 3.05) is 9.80 Å². The molecule has 0 amide bonds. The summed E-state index contributed by atoms with van der Waals surface area (Å²) in [6, 6.07) is 117. The number of rotatable bonds is 11. The van der Waals surface area contributed by atoms with Crippen molar-refractivity contribution in [1.29, 1.82) is 0 Å². The highest BCUT2D eigenvalue weighted by molar-refractivity contribution is 7.00. The van der Waals surface area contributed by atoms with Gasteiger partial charge >= 0.3 is 0 Å². The largest absolute Gasteiger partial charge is 0.310 e. The Kier molecular flexibility index (Phi) is 14.2. The molecule has 0 unspecified atom stereocenters. The van der Waals surface area contributed by atoms with Gasteiger partial charge in [-0.3, -0.25) is 0 Å². The number of para-hydroxylation sites is 3. The monoisotopic (exact) mass is 1680 g/mol. The molecular formula is C126H89BN4. The molecule has 131 heavy (non-hydrogen) atoms. The molecule has 5 heteroatoms. The zero-order valence-electron chi connectivity index (χ0n) is 86.6. The van der Waals surface area contributed by atoms with Crippen molar-refractivity contribution in [1.82, 2.24) is 9.13 Å². The predicted octanol–water partition coefficient (Wildman–Crippen LogP) is 31.8.